The van der Waals surface area contributed by atoms with Crippen LogP contribution in [0.5, 0.6) is 0 Å². The fourth-order valence-corrected chi connectivity index (χ4v) is 4.43. The minimum atomic E-state index is -1.07. The second-order valence-corrected chi connectivity index (χ2v) is 8.61. The summed E-state index contributed by atoms with van der Waals surface area (Å²) < 4.78 is 5.04. The Labute approximate surface area is 196 Å². The largest absolute Gasteiger partial charge is 0.465 e. The lowest BCUT2D eigenvalue weighted by atomic mass is 10.0. The van der Waals surface area contributed by atoms with Crippen molar-refractivity contribution < 1.29 is 23.9 Å². The number of carbonyl (C=O) groups excluding carboxylic acids is 4. The Bertz CT molecular complexity index is 945. The molecule has 1 fully saturated rings. The van der Waals surface area contributed by atoms with Crippen LogP contribution in [0.3, 0.4) is 0 Å². The van der Waals surface area contributed by atoms with Gasteiger partial charge >= 0.3 is 5.97 Å². The number of hydrogen-bond donors (Lipinski definition) is 2. The van der Waals surface area contributed by atoms with Crippen molar-refractivity contribution in [1.82, 2.24) is 20.5 Å². The van der Waals surface area contributed by atoms with Crippen molar-refractivity contribution in [3.05, 3.63) is 52.5 Å². The van der Waals surface area contributed by atoms with Crippen LogP contribution in [0.1, 0.15) is 53.9 Å². The van der Waals surface area contributed by atoms with Gasteiger partial charge in [-0.15, -0.1) is 11.3 Å². The number of amides is 3. The third-order valence-corrected chi connectivity index (χ3v) is 6.22. The average Bonchev–Trinajstić information content (AvgIpc) is 3.52. The number of thiophene rings is 1. The van der Waals surface area contributed by atoms with E-state index >= 15 is 0 Å². The van der Waals surface area contributed by atoms with Gasteiger partial charge < -0.3 is 20.3 Å². The first-order chi connectivity index (χ1) is 16.0. The zero-order valence-corrected chi connectivity index (χ0v) is 19.3. The third-order valence-electron chi connectivity index (χ3n) is 5.35. The summed E-state index contributed by atoms with van der Waals surface area (Å²) >= 11 is 1.25. The summed E-state index contributed by atoms with van der Waals surface area (Å²) in [4.78, 5) is 56.8. The Balaban J connectivity index is 1.83. The van der Waals surface area contributed by atoms with Crippen molar-refractivity contribution in [2.24, 2.45) is 0 Å². The molecule has 1 aliphatic rings. The normalized spacial score (nSPS) is 14.3. The summed E-state index contributed by atoms with van der Waals surface area (Å²) in [6.45, 7) is 1.02. The summed E-state index contributed by atoms with van der Waals surface area (Å²) in [5, 5.41) is 7.35. The number of hydrogen-bond acceptors (Lipinski definition) is 7. The van der Waals surface area contributed by atoms with Gasteiger partial charge in [0.1, 0.15) is 12.6 Å². The molecule has 2 aromatic heterocycles. The molecule has 2 N–H and O–H groups in total. The van der Waals surface area contributed by atoms with E-state index in [0.717, 1.165) is 30.6 Å². The minimum absolute atomic E-state index is 0.0277. The lowest BCUT2D eigenvalue weighted by molar-refractivity contribution is -0.152. The molecule has 0 spiro atoms. The molecule has 10 heteroatoms. The van der Waals surface area contributed by atoms with Crippen molar-refractivity contribution in [2.45, 2.75) is 44.7 Å². The van der Waals surface area contributed by atoms with E-state index in [2.05, 4.69) is 15.6 Å². The molecule has 2 aromatic rings. The predicted molar refractivity (Wildman–Crippen MR) is 122 cm³/mol. The molecule has 0 aromatic carbocycles. The van der Waals surface area contributed by atoms with Crippen LogP contribution in [0, 0.1) is 0 Å². The van der Waals surface area contributed by atoms with Crippen LogP contribution in [0.2, 0.25) is 0 Å². The quantitative estimate of drug-likeness (QED) is 0.511. The number of nitrogens with one attached hydrogen (secondary N) is 2. The summed E-state index contributed by atoms with van der Waals surface area (Å²) in [5.41, 5.74) is 0.516. The zero-order chi connectivity index (χ0) is 23.6. The Morgan fingerprint density at radius 1 is 1.18 bits per heavy atom. The third kappa shape index (κ3) is 6.85. The van der Waals surface area contributed by atoms with Crippen LogP contribution in [0.15, 0.2) is 42.0 Å². The monoisotopic (exact) mass is 472 g/mol. The Morgan fingerprint density at radius 3 is 2.55 bits per heavy atom. The van der Waals surface area contributed by atoms with Crippen LogP contribution in [0.25, 0.3) is 0 Å². The molecule has 9 nitrogen and oxygen atoms in total. The first-order valence-electron chi connectivity index (χ1n) is 11.0. The lowest BCUT2D eigenvalue weighted by Gasteiger charge is -2.31. The molecule has 0 saturated heterocycles. The fourth-order valence-electron chi connectivity index (χ4n) is 3.79. The zero-order valence-electron chi connectivity index (χ0n) is 18.5. The average molecular weight is 473 g/mol. The van der Waals surface area contributed by atoms with Crippen LogP contribution in [0.4, 0.5) is 0 Å². The van der Waals surface area contributed by atoms with Gasteiger partial charge in [-0.1, -0.05) is 18.9 Å². The second-order valence-electron chi connectivity index (χ2n) is 7.66. The lowest BCUT2D eigenvalue weighted by Crippen LogP contribution is -2.50. The van der Waals surface area contributed by atoms with Crippen LogP contribution < -0.4 is 10.6 Å². The highest BCUT2D eigenvalue weighted by molar-refractivity contribution is 7.12. The van der Waals surface area contributed by atoms with E-state index in [1.54, 1.807) is 36.6 Å². The van der Waals surface area contributed by atoms with Gasteiger partial charge in [-0.05, 0) is 48.9 Å². The molecule has 3 rings (SSSR count). The molecule has 176 valence electrons. The number of pyridine rings is 1. The molecule has 3 amide bonds. The van der Waals surface area contributed by atoms with Crippen molar-refractivity contribution in [3.63, 3.8) is 0 Å². The van der Waals surface area contributed by atoms with Crippen LogP contribution in [-0.4, -0.2) is 59.3 Å². The molecule has 0 aliphatic heterocycles. The molecule has 33 heavy (non-hydrogen) atoms. The highest BCUT2D eigenvalue weighted by Gasteiger charge is 2.34. The fraction of sp³-hybridized carbons (Fsp3) is 0.435. The summed E-state index contributed by atoms with van der Waals surface area (Å²) in [6.07, 6.45) is 6.86. The first kappa shape index (κ1) is 24.4. The first-order valence-corrected chi connectivity index (χ1v) is 11.8. The Hall–Kier alpha value is -3.27. The topological polar surface area (TPSA) is 118 Å². The van der Waals surface area contributed by atoms with Crippen LogP contribution in [-0.2, 0) is 19.1 Å². The van der Waals surface area contributed by atoms with E-state index in [9.17, 15) is 19.2 Å². The molecule has 0 radical (unpaired) electrons. The van der Waals surface area contributed by atoms with Gasteiger partial charge in [-0.3, -0.25) is 24.2 Å². The Morgan fingerprint density at radius 2 is 1.91 bits per heavy atom. The number of nitrogens with zero attached hydrogens (tertiary/aromatic N) is 2. The van der Waals surface area contributed by atoms with Crippen molar-refractivity contribution in [1.29, 1.82) is 0 Å². The van der Waals surface area contributed by atoms with Gasteiger partial charge in [-0.25, -0.2) is 0 Å². The van der Waals surface area contributed by atoms with Gasteiger partial charge in [0.15, 0.2) is 0 Å². The number of carbonyl (C=O) groups is 4. The van der Waals surface area contributed by atoms with Gasteiger partial charge in [0, 0.05) is 18.4 Å². The van der Waals surface area contributed by atoms with Crippen molar-refractivity contribution in [2.75, 3.05) is 19.7 Å². The highest BCUT2D eigenvalue weighted by Crippen LogP contribution is 2.24. The van der Waals surface area contributed by atoms with Gasteiger partial charge in [0.25, 0.3) is 5.91 Å². The van der Waals surface area contributed by atoms with Gasteiger partial charge in [0.05, 0.1) is 18.0 Å². The number of ether oxygens (including phenoxy) is 1. The van der Waals surface area contributed by atoms with E-state index in [4.69, 9.17) is 4.74 Å². The molecule has 2 heterocycles. The van der Waals surface area contributed by atoms with Crippen molar-refractivity contribution in [3.8, 4) is 0 Å². The van der Waals surface area contributed by atoms with E-state index in [0.29, 0.717) is 10.4 Å². The maximum Gasteiger partial charge on any atom is 0.325 e. The SMILES string of the molecule is CCOC(=O)CN(C(=O)CNC(=O)c1cccs1)[C@H](C(=O)NC1CCCC1)c1ccncc1. The van der Waals surface area contributed by atoms with E-state index < -0.39 is 30.4 Å². The van der Waals surface area contributed by atoms with Gasteiger partial charge in [-0.2, -0.15) is 0 Å². The molecular weight excluding hydrogens is 444 g/mol. The molecule has 0 unspecified atom stereocenters. The van der Waals surface area contributed by atoms with Gasteiger partial charge in [0.2, 0.25) is 11.8 Å². The smallest absolute Gasteiger partial charge is 0.325 e. The minimum Gasteiger partial charge on any atom is -0.465 e. The number of aromatic nitrogens is 1. The molecule has 1 saturated carbocycles. The second kappa shape index (κ2) is 12.1. The van der Waals surface area contributed by atoms with E-state index in [-0.39, 0.29) is 25.1 Å². The molecular formula is C23H28N4O5S. The summed E-state index contributed by atoms with van der Waals surface area (Å²) in [6, 6.07) is 5.61. The number of esters is 1. The summed E-state index contributed by atoms with van der Waals surface area (Å²) in [5.74, 6) is -1.99. The molecule has 1 atom stereocenters. The number of rotatable bonds is 10. The Kier molecular flexibility index (Phi) is 8.94. The molecule has 1 aliphatic carbocycles. The van der Waals surface area contributed by atoms with E-state index in [1.807, 2.05) is 0 Å². The van der Waals surface area contributed by atoms with Crippen molar-refractivity contribution >= 4 is 35.0 Å². The summed E-state index contributed by atoms with van der Waals surface area (Å²) in [7, 11) is 0. The standard InChI is InChI=1S/C23H28N4O5S/c1-2-32-20(29)15-27(19(28)14-25-22(30)18-8-5-13-33-18)21(16-9-11-24-12-10-16)23(31)26-17-6-3-4-7-17/h5,8-13,17,21H,2-4,6-7,14-15H2,1H3,(H,25,30)(H,26,31)/t21-/m0/s1. The molecule has 0 bridgehead atoms. The van der Waals surface area contributed by atoms with E-state index in [1.165, 1.54) is 23.7 Å². The maximum absolute atomic E-state index is 13.3. The predicted octanol–water partition coefficient (Wildman–Crippen LogP) is 2.06. The highest BCUT2D eigenvalue weighted by atomic mass is 32.1. The maximum atomic E-state index is 13.3. The van der Waals surface area contributed by atoms with Crippen LogP contribution >= 0.6 is 11.3 Å².